The van der Waals surface area contributed by atoms with E-state index in [1.165, 1.54) is 12.0 Å². The number of benzene rings is 1. The number of aliphatic hydroxyl groups excluding tert-OH is 1. The molecule has 0 heterocycles. The Morgan fingerprint density at radius 2 is 1.95 bits per heavy atom. The Morgan fingerprint density at radius 3 is 2.47 bits per heavy atom. The number of hydrogen-bond donors (Lipinski definition) is 1. The molecule has 1 N–H and O–H groups in total. The molecule has 0 aliphatic rings. The van der Waals surface area contributed by atoms with Crippen molar-refractivity contribution in [2.45, 2.75) is 19.4 Å². The van der Waals surface area contributed by atoms with E-state index in [1.807, 2.05) is 6.07 Å². The largest absolute Gasteiger partial charge is 0.469 e. The lowest BCUT2D eigenvalue weighted by Gasteiger charge is -2.23. The van der Waals surface area contributed by atoms with Gasteiger partial charge in [0.15, 0.2) is 0 Å². The summed E-state index contributed by atoms with van der Waals surface area (Å²) in [5.74, 6) is -0.582. The average molecular weight is 265 g/mol. The Hall–Kier alpha value is -1.88. The summed E-state index contributed by atoms with van der Waals surface area (Å²) in [6, 6.07) is 8.78. The first-order valence-corrected chi connectivity index (χ1v) is 6.13. The number of esters is 1. The summed E-state index contributed by atoms with van der Waals surface area (Å²) in [6.07, 6.45) is -0.535. The van der Waals surface area contributed by atoms with Crippen molar-refractivity contribution in [1.29, 1.82) is 0 Å². The third-order valence-electron chi connectivity index (χ3n) is 2.61. The standard InChI is InChI=1S/C14H19NO4/c1-11(16)10-15(9-8-13(17)19-2)14(18)12-6-4-3-5-7-12/h3-7,11,16H,8-10H2,1-2H3. The first-order chi connectivity index (χ1) is 9.04. The molecule has 19 heavy (non-hydrogen) atoms. The van der Waals surface area contributed by atoms with Gasteiger partial charge in [-0.15, -0.1) is 0 Å². The van der Waals surface area contributed by atoms with Gasteiger partial charge in [0.2, 0.25) is 0 Å². The molecule has 1 amide bonds. The molecule has 0 saturated heterocycles. The van der Waals surface area contributed by atoms with Crippen LogP contribution in [0.2, 0.25) is 0 Å². The summed E-state index contributed by atoms with van der Waals surface area (Å²) in [5.41, 5.74) is 0.535. The van der Waals surface area contributed by atoms with Crippen LogP contribution in [0.5, 0.6) is 0 Å². The molecule has 104 valence electrons. The zero-order valence-electron chi connectivity index (χ0n) is 11.2. The zero-order valence-corrected chi connectivity index (χ0v) is 11.2. The van der Waals surface area contributed by atoms with Gasteiger partial charge >= 0.3 is 5.97 Å². The summed E-state index contributed by atoms with van der Waals surface area (Å²) < 4.78 is 4.55. The van der Waals surface area contributed by atoms with E-state index >= 15 is 0 Å². The highest BCUT2D eigenvalue weighted by Crippen LogP contribution is 2.06. The number of hydrogen-bond acceptors (Lipinski definition) is 4. The van der Waals surface area contributed by atoms with Crippen molar-refractivity contribution in [3.05, 3.63) is 35.9 Å². The molecule has 1 aromatic rings. The van der Waals surface area contributed by atoms with Crippen LogP contribution in [0.25, 0.3) is 0 Å². The van der Waals surface area contributed by atoms with Crippen LogP contribution < -0.4 is 0 Å². The first-order valence-electron chi connectivity index (χ1n) is 6.13. The van der Waals surface area contributed by atoms with E-state index in [0.29, 0.717) is 5.56 Å². The van der Waals surface area contributed by atoms with Crippen molar-refractivity contribution in [3.63, 3.8) is 0 Å². The van der Waals surface area contributed by atoms with Gasteiger partial charge < -0.3 is 14.7 Å². The van der Waals surface area contributed by atoms with Crippen molar-refractivity contribution in [3.8, 4) is 0 Å². The van der Waals surface area contributed by atoms with Crippen molar-refractivity contribution in [1.82, 2.24) is 4.90 Å². The summed E-state index contributed by atoms with van der Waals surface area (Å²) in [6.45, 7) is 2.01. The van der Waals surface area contributed by atoms with E-state index in [-0.39, 0.29) is 31.4 Å². The van der Waals surface area contributed by atoms with Gasteiger partial charge in [0, 0.05) is 18.7 Å². The van der Waals surface area contributed by atoms with Gasteiger partial charge in [0.05, 0.1) is 19.6 Å². The van der Waals surface area contributed by atoms with E-state index in [2.05, 4.69) is 4.74 Å². The van der Waals surface area contributed by atoms with E-state index in [9.17, 15) is 14.7 Å². The number of carbonyl (C=O) groups is 2. The highest BCUT2D eigenvalue weighted by molar-refractivity contribution is 5.94. The summed E-state index contributed by atoms with van der Waals surface area (Å²) in [5, 5.41) is 9.43. The van der Waals surface area contributed by atoms with Gasteiger partial charge in [-0.3, -0.25) is 9.59 Å². The van der Waals surface area contributed by atoms with Crippen molar-refractivity contribution in [2.24, 2.45) is 0 Å². The topological polar surface area (TPSA) is 66.8 Å². The first kappa shape index (κ1) is 15.2. The Bertz CT molecular complexity index is 417. The molecule has 0 aromatic heterocycles. The minimum absolute atomic E-state index is 0.113. The minimum Gasteiger partial charge on any atom is -0.469 e. The molecular formula is C14H19NO4. The van der Waals surface area contributed by atoms with Crippen LogP contribution in [0.1, 0.15) is 23.7 Å². The quantitative estimate of drug-likeness (QED) is 0.781. The maximum atomic E-state index is 12.2. The summed E-state index contributed by atoms with van der Waals surface area (Å²) in [7, 11) is 1.31. The Labute approximate surface area is 112 Å². The van der Waals surface area contributed by atoms with Crippen LogP contribution in [0, 0.1) is 0 Å². The predicted octanol–water partition coefficient (Wildman–Crippen LogP) is 1.07. The fourth-order valence-electron chi connectivity index (χ4n) is 1.69. The molecule has 0 radical (unpaired) electrons. The second-order valence-corrected chi connectivity index (χ2v) is 4.29. The van der Waals surface area contributed by atoms with Gasteiger partial charge in [0.1, 0.15) is 0 Å². The van der Waals surface area contributed by atoms with Crippen LogP contribution in [0.15, 0.2) is 30.3 Å². The number of aliphatic hydroxyl groups is 1. The van der Waals surface area contributed by atoms with Crippen LogP contribution >= 0.6 is 0 Å². The molecule has 5 nitrogen and oxygen atoms in total. The fourth-order valence-corrected chi connectivity index (χ4v) is 1.69. The number of amides is 1. The minimum atomic E-state index is -0.648. The van der Waals surface area contributed by atoms with Crippen LogP contribution in [0.3, 0.4) is 0 Å². The molecule has 1 aromatic carbocycles. The predicted molar refractivity (Wildman–Crippen MR) is 70.7 cm³/mol. The maximum absolute atomic E-state index is 12.2. The lowest BCUT2D eigenvalue weighted by Crippen LogP contribution is -2.38. The van der Waals surface area contributed by atoms with Gasteiger partial charge in [0.25, 0.3) is 5.91 Å². The second kappa shape index (κ2) is 7.53. The molecule has 0 saturated carbocycles. The highest BCUT2D eigenvalue weighted by Gasteiger charge is 2.18. The SMILES string of the molecule is COC(=O)CCN(CC(C)O)C(=O)c1ccccc1. The smallest absolute Gasteiger partial charge is 0.307 e. The Morgan fingerprint density at radius 1 is 1.32 bits per heavy atom. The molecule has 1 rings (SSSR count). The Balaban J connectivity index is 2.73. The number of nitrogens with zero attached hydrogens (tertiary/aromatic N) is 1. The van der Waals surface area contributed by atoms with Crippen molar-refractivity contribution >= 4 is 11.9 Å². The van der Waals surface area contributed by atoms with E-state index in [0.717, 1.165) is 0 Å². The van der Waals surface area contributed by atoms with Crippen molar-refractivity contribution in [2.75, 3.05) is 20.2 Å². The highest BCUT2D eigenvalue weighted by atomic mass is 16.5. The molecule has 0 aliphatic carbocycles. The second-order valence-electron chi connectivity index (χ2n) is 4.29. The summed E-state index contributed by atoms with van der Waals surface area (Å²) in [4.78, 5) is 24.8. The van der Waals surface area contributed by atoms with E-state index in [4.69, 9.17) is 0 Å². The van der Waals surface area contributed by atoms with Crippen LogP contribution in [0.4, 0.5) is 0 Å². The molecular weight excluding hydrogens is 246 g/mol. The van der Waals surface area contributed by atoms with E-state index in [1.54, 1.807) is 31.2 Å². The fraction of sp³-hybridized carbons (Fsp3) is 0.429. The molecule has 5 heteroatoms. The van der Waals surface area contributed by atoms with Gasteiger partial charge in [-0.05, 0) is 19.1 Å². The van der Waals surface area contributed by atoms with Gasteiger partial charge in [-0.1, -0.05) is 18.2 Å². The van der Waals surface area contributed by atoms with E-state index < -0.39 is 6.10 Å². The molecule has 0 aliphatic heterocycles. The molecule has 0 fully saturated rings. The lowest BCUT2D eigenvalue weighted by atomic mass is 10.2. The normalized spacial score (nSPS) is 11.7. The molecule has 1 unspecified atom stereocenters. The lowest BCUT2D eigenvalue weighted by molar-refractivity contribution is -0.140. The third-order valence-corrected chi connectivity index (χ3v) is 2.61. The maximum Gasteiger partial charge on any atom is 0.307 e. The summed E-state index contributed by atoms with van der Waals surface area (Å²) >= 11 is 0. The van der Waals surface area contributed by atoms with Gasteiger partial charge in [-0.2, -0.15) is 0 Å². The van der Waals surface area contributed by atoms with Crippen molar-refractivity contribution < 1.29 is 19.4 Å². The molecule has 0 bridgehead atoms. The number of rotatable bonds is 6. The van der Waals surface area contributed by atoms with Crippen LogP contribution in [-0.4, -0.2) is 48.2 Å². The molecule has 1 atom stereocenters. The van der Waals surface area contributed by atoms with Gasteiger partial charge in [-0.25, -0.2) is 0 Å². The molecule has 0 spiro atoms. The number of methoxy groups -OCH3 is 1. The average Bonchev–Trinajstić information content (AvgIpc) is 2.42. The monoisotopic (exact) mass is 265 g/mol. The third kappa shape index (κ3) is 5.09. The number of carbonyl (C=O) groups excluding carboxylic acids is 2. The zero-order chi connectivity index (χ0) is 14.3. The number of ether oxygens (including phenoxy) is 1. The Kier molecular flexibility index (Phi) is 6.02. The van der Waals surface area contributed by atoms with Crippen LogP contribution in [-0.2, 0) is 9.53 Å².